The minimum Gasteiger partial charge on any atom is -0.506 e. The largest absolute Gasteiger partial charge is 0.506 e. The van der Waals surface area contributed by atoms with Crippen molar-refractivity contribution in [3.63, 3.8) is 0 Å². The maximum atomic E-state index is 13.2. The van der Waals surface area contributed by atoms with Crippen molar-refractivity contribution in [2.75, 3.05) is 6.61 Å². The van der Waals surface area contributed by atoms with Gasteiger partial charge in [-0.1, -0.05) is 24.3 Å². The van der Waals surface area contributed by atoms with Gasteiger partial charge in [-0.15, -0.1) is 0 Å². The zero-order chi connectivity index (χ0) is 22.9. The fourth-order valence-corrected chi connectivity index (χ4v) is 3.25. The monoisotopic (exact) mass is 444 g/mol. The van der Waals surface area contributed by atoms with E-state index in [1.165, 1.54) is 24.3 Å². The molecule has 0 spiro atoms. The number of amides is 1. The number of carbonyl (C=O) groups excluding carboxylic acids is 1. The Kier molecular flexibility index (Phi) is 5.52. The highest BCUT2D eigenvalue weighted by Crippen LogP contribution is 2.33. The molecule has 2 heterocycles. The zero-order valence-electron chi connectivity index (χ0n) is 16.9. The van der Waals surface area contributed by atoms with E-state index in [9.17, 15) is 23.1 Å². The molecule has 0 radical (unpaired) electrons. The first-order valence-electron chi connectivity index (χ1n) is 9.64. The molecule has 1 amide bonds. The second kappa shape index (κ2) is 8.29. The number of phenolic OH excluding ortho intramolecular Hbond substituents is 1. The fraction of sp³-hybridized carbons (Fsp3) is 0.182. The van der Waals surface area contributed by atoms with E-state index in [2.05, 4.69) is 15.4 Å². The number of hydrogen-bond donors (Lipinski definition) is 3. The van der Waals surface area contributed by atoms with Crippen LogP contribution in [0.1, 0.15) is 16.8 Å². The molecule has 4 aromatic rings. The topological polar surface area (TPSA) is 92.2 Å². The van der Waals surface area contributed by atoms with Gasteiger partial charge in [-0.25, -0.2) is 0 Å². The van der Waals surface area contributed by atoms with E-state index >= 15 is 0 Å². The number of nitrogens with zero attached hydrogens (tertiary/aromatic N) is 2. The van der Waals surface area contributed by atoms with Crippen LogP contribution in [0.15, 0.2) is 54.7 Å². The summed E-state index contributed by atoms with van der Waals surface area (Å²) in [6.45, 7) is 1.67. The van der Waals surface area contributed by atoms with E-state index in [0.29, 0.717) is 6.07 Å². The molecule has 0 fully saturated rings. The molecule has 0 atom stereocenters. The van der Waals surface area contributed by atoms with Gasteiger partial charge in [0.05, 0.1) is 0 Å². The number of fused-ring (bicyclic) bond motifs is 1. The molecule has 0 aliphatic heterocycles. The Bertz CT molecular complexity index is 1280. The normalized spacial score (nSPS) is 11.6. The van der Waals surface area contributed by atoms with Gasteiger partial charge in [0, 0.05) is 29.7 Å². The molecule has 0 bridgehead atoms. The Balaban J connectivity index is 1.47. The van der Waals surface area contributed by atoms with Gasteiger partial charge in [0.1, 0.15) is 11.4 Å². The second-order valence-corrected chi connectivity index (χ2v) is 7.19. The van der Waals surface area contributed by atoms with Crippen LogP contribution in [-0.2, 0) is 17.5 Å². The number of aromatic amines is 1. The molecule has 32 heavy (non-hydrogen) atoms. The van der Waals surface area contributed by atoms with Crippen LogP contribution >= 0.6 is 0 Å². The third-order valence-corrected chi connectivity index (χ3v) is 4.83. The lowest BCUT2D eigenvalue weighted by atomic mass is 10.1. The van der Waals surface area contributed by atoms with Gasteiger partial charge < -0.3 is 20.1 Å². The quantitative estimate of drug-likeness (QED) is 0.418. The van der Waals surface area contributed by atoms with Crippen molar-refractivity contribution in [1.82, 2.24) is 20.1 Å². The summed E-state index contributed by atoms with van der Waals surface area (Å²) in [5, 5.41) is 17.1. The van der Waals surface area contributed by atoms with Gasteiger partial charge >= 0.3 is 6.18 Å². The SMILES string of the molecule is Cc1ccc2c(CNC(=O)COc3cc(C(F)(F)F)nn3-c3ccccc3O)c[nH]c2c1. The van der Waals surface area contributed by atoms with Gasteiger partial charge in [0.2, 0.25) is 5.88 Å². The van der Waals surface area contributed by atoms with Gasteiger partial charge in [-0.2, -0.15) is 23.0 Å². The first-order valence-corrected chi connectivity index (χ1v) is 9.64. The number of aromatic hydroxyl groups is 1. The lowest BCUT2D eigenvalue weighted by Gasteiger charge is -2.10. The number of rotatable bonds is 6. The third kappa shape index (κ3) is 4.39. The number of aryl methyl sites for hydroxylation is 1. The average molecular weight is 444 g/mol. The van der Waals surface area contributed by atoms with Gasteiger partial charge in [-0.05, 0) is 36.2 Å². The number of hydrogen-bond acceptors (Lipinski definition) is 4. The minimum atomic E-state index is -4.72. The number of ether oxygens (including phenoxy) is 1. The summed E-state index contributed by atoms with van der Waals surface area (Å²) in [5.41, 5.74) is 1.70. The zero-order valence-corrected chi connectivity index (χ0v) is 16.9. The summed E-state index contributed by atoms with van der Waals surface area (Å²) < 4.78 is 45.6. The Hall–Kier alpha value is -3.95. The minimum absolute atomic E-state index is 0.00695. The van der Waals surface area contributed by atoms with Crippen molar-refractivity contribution < 1.29 is 27.8 Å². The average Bonchev–Trinajstić information content (AvgIpc) is 3.35. The maximum Gasteiger partial charge on any atom is 0.435 e. The number of benzene rings is 2. The maximum absolute atomic E-state index is 13.2. The lowest BCUT2D eigenvalue weighted by molar-refractivity contribution is -0.141. The van der Waals surface area contributed by atoms with Crippen molar-refractivity contribution in [1.29, 1.82) is 0 Å². The number of halogens is 3. The predicted molar refractivity (Wildman–Crippen MR) is 111 cm³/mol. The number of H-pyrrole nitrogens is 1. The van der Waals surface area contributed by atoms with Crippen LogP contribution in [0.4, 0.5) is 13.2 Å². The molecule has 10 heteroatoms. The van der Waals surface area contributed by atoms with Gasteiger partial charge in [0.15, 0.2) is 12.3 Å². The number of nitrogens with one attached hydrogen (secondary N) is 2. The molecule has 0 saturated carbocycles. The van der Waals surface area contributed by atoms with E-state index in [1.807, 2.05) is 25.1 Å². The molecule has 166 valence electrons. The highest BCUT2D eigenvalue weighted by Gasteiger charge is 2.36. The highest BCUT2D eigenvalue weighted by atomic mass is 19.4. The summed E-state index contributed by atoms with van der Waals surface area (Å²) >= 11 is 0. The Labute approximate surface area is 180 Å². The number of carbonyl (C=O) groups is 1. The first-order chi connectivity index (χ1) is 15.2. The number of phenols is 1. The van der Waals surface area contributed by atoms with E-state index in [1.54, 1.807) is 6.20 Å². The number of aromatic nitrogens is 3. The first kappa shape index (κ1) is 21.3. The van der Waals surface area contributed by atoms with Crippen molar-refractivity contribution >= 4 is 16.8 Å². The van der Waals surface area contributed by atoms with Crippen molar-refractivity contribution in [2.24, 2.45) is 0 Å². The van der Waals surface area contributed by atoms with Crippen molar-refractivity contribution in [3.05, 3.63) is 71.5 Å². The van der Waals surface area contributed by atoms with E-state index < -0.39 is 24.4 Å². The van der Waals surface area contributed by atoms with Crippen LogP contribution in [0.5, 0.6) is 11.6 Å². The molecule has 4 rings (SSSR count). The van der Waals surface area contributed by atoms with Crippen molar-refractivity contribution in [3.8, 4) is 17.3 Å². The van der Waals surface area contributed by atoms with E-state index in [0.717, 1.165) is 26.7 Å². The molecule has 7 nitrogen and oxygen atoms in total. The molecule has 3 N–H and O–H groups in total. The summed E-state index contributed by atoms with van der Waals surface area (Å²) in [5.74, 6) is -1.13. The van der Waals surface area contributed by atoms with E-state index in [-0.39, 0.29) is 23.9 Å². The molecule has 0 aliphatic rings. The molecule has 2 aromatic carbocycles. The number of para-hydroxylation sites is 2. The van der Waals surface area contributed by atoms with Crippen LogP contribution in [0.2, 0.25) is 0 Å². The Morgan fingerprint density at radius 3 is 2.75 bits per heavy atom. The Morgan fingerprint density at radius 1 is 1.22 bits per heavy atom. The van der Waals surface area contributed by atoms with E-state index in [4.69, 9.17) is 4.74 Å². The third-order valence-electron chi connectivity index (χ3n) is 4.83. The fourth-order valence-electron chi connectivity index (χ4n) is 3.25. The molecular formula is C22H19F3N4O3. The van der Waals surface area contributed by atoms with Gasteiger partial charge in [-0.3, -0.25) is 4.79 Å². The summed E-state index contributed by atoms with van der Waals surface area (Å²) in [6.07, 6.45) is -2.93. The van der Waals surface area contributed by atoms with Crippen LogP contribution in [0.3, 0.4) is 0 Å². The standard InChI is InChI=1S/C22H19F3N4O3/c1-13-6-7-15-14(10-26-16(15)8-13)11-27-20(31)12-32-21-9-19(22(23,24)25)28-29(21)17-4-2-3-5-18(17)30/h2-10,26,30H,11-12H2,1H3,(H,27,31). The molecule has 0 aliphatic carbocycles. The van der Waals surface area contributed by atoms with Crippen LogP contribution < -0.4 is 10.1 Å². The summed E-state index contributed by atoms with van der Waals surface area (Å²) in [4.78, 5) is 15.4. The predicted octanol–water partition coefficient (Wildman–Crippen LogP) is 4.08. The van der Waals surface area contributed by atoms with Crippen LogP contribution in [0.25, 0.3) is 16.6 Å². The summed E-state index contributed by atoms with van der Waals surface area (Å²) in [7, 11) is 0. The molecule has 0 saturated heterocycles. The van der Waals surface area contributed by atoms with Crippen molar-refractivity contribution in [2.45, 2.75) is 19.6 Å². The summed E-state index contributed by atoms with van der Waals surface area (Å²) in [6, 6.07) is 12.3. The Morgan fingerprint density at radius 2 is 2.00 bits per heavy atom. The van der Waals surface area contributed by atoms with Crippen LogP contribution in [-0.4, -0.2) is 32.4 Å². The number of alkyl halides is 3. The van der Waals surface area contributed by atoms with Gasteiger partial charge in [0.25, 0.3) is 5.91 Å². The highest BCUT2D eigenvalue weighted by molar-refractivity contribution is 5.84. The molecule has 2 aromatic heterocycles. The molecule has 0 unspecified atom stereocenters. The second-order valence-electron chi connectivity index (χ2n) is 7.19. The smallest absolute Gasteiger partial charge is 0.435 e. The van der Waals surface area contributed by atoms with Crippen LogP contribution in [0, 0.1) is 6.92 Å². The molecular weight excluding hydrogens is 425 g/mol. The lowest BCUT2D eigenvalue weighted by Crippen LogP contribution is -2.28.